The fraction of sp³-hybridized carbons (Fsp3) is 0.222. The molecule has 1 unspecified atom stereocenters. The first-order chi connectivity index (χ1) is 16.3. The molecule has 0 saturated carbocycles. The first-order valence-corrected chi connectivity index (χ1v) is 11.0. The molecule has 1 aromatic heterocycles. The van der Waals surface area contributed by atoms with Crippen LogP contribution in [0, 0.1) is 0 Å². The van der Waals surface area contributed by atoms with E-state index in [-0.39, 0.29) is 29.5 Å². The lowest BCUT2D eigenvalue weighted by molar-refractivity contribution is -0.140. The zero-order chi connectivity index (χ0) is 24.4. The van der Waals surface area contributed by atoms with Gasteiger partial charge in [-0.15, -0.1) is 0 Å². The summed E-state index contributed by atoms with van der Waals surface area (Å²) in [7, 11) is 1.58. The SMILES string of the molecule is COc1ccc(/C(O)=C2/C(=O)C(=O)N(Cc3cccnc3)C2c2ccc(O)cc2)cc1C(C)C. The summed E-state index contributed by atoms with van der Waals surface area (Å²) in [4.78, 5) is 31.9. The van der Waals surface area contributed by atoms with E-state index in [4.69, 9.17) is 4.74 Å². The summed E-state index contributed by atoms with van der Waals surface area (Å²) in [5.74, 6) is -0.871. The van der Waals surface area contributed by atoms with Gasteiger partial charge in [-0.25, -0.2) is 0 Å². The van der Waals surface area contributed by atoms with Crippen LogP contribution >= 0.6 is 0 Å². The van der Waals surface area contributed by atoms with Crippen molar-refractivity contribution < 1.29 is 24.5 Å². The summed E-state index contributed by atoms with van der Waals surface area (Å²) >= 11 is 0. The standard InChI is InChI=1S/C27H26N2O5/c1-16(2)21-13-19(8-11-22(21)34-3)25(31)23-24(18-6-9-20(30)10-7-18)29(27(33)26(23)32)15-17-5-4-12-28-14-17/h4-14,16,24,30-31H,15H2,1-3H3/b25-23-. The largest absolute Gasteiger partial charge is 0.508 e. The lowest BCUT2D eigenvalue weighted by Gasteiger charge is -2.25. The van der Waals surface area contributed by atoms with Gasteiger partial charge in [-0.3, -0.25) is 14.6 Å². The number of carbonyl (C=O) groups excluding carboxylic acids is 2. The number of rotatable bonds is 6. The molecule has 34 heavy (non-hydrogen) atoms. The molecule has 1 saturated heterocycles. The van der Waals surface area contributed by atoms with Gasteiger partial charge in [0.25, 0.3) is 11.7 Å². The smallest absolute Gasteiger partial charge is 0.295 e. The number of methoxy groups -OCH3 is 1. The van der Waals surface area contributed by atoms with Gasteiger partial charge in [0.15, 0.2) is 0 Å². The van der Waals surface area contributed by atoms with E-state index in [1.165, 1.54) is 17.0 Å². The summed E-state index contributed by atoms with van der Waals surface area (Å²) in [6, 6.07) is 14.2. The zero-order valence-corrected chi connectivity index (χ0v) is 19.2. The van der Waals surface area contributed by atoms with Crippen LogP contribution < -0.4 is 4.74 Å². The molecule has 0 spiro atoms. The fourth-order valence-corrected chi connectivity index (χ4v) is 4.22. The van der Waals surface area contributed by atoms with E-state index in [1.54, 1.807) is 55.9 Å². The molecule has 2 aromatic carbocycles. The first kappa shape index (κ1) is 23.0. The van der Waals surface area contributed by atoms with Crippen LogP contribution in [0.5, 0.6) is 11.5 Å². The molecule has 174 valence electrons. The second kappa shape index (κ2) is 9.39. The van der Waals surface area contributed by atoms with Crippen molar-refractivity contribution in [1.29, 1.82) is 0 Å². The lowest BCUT2D eigenvalue weighted by Crippen LogP contribution is -2.29. The van der Waals surface area contributed by atoms with E-state index >= 15 is 0 Å². The number of aromatic nitrogens is 1. The number of aliphatic hydroxyl groups is 1. The number of pyridine rings is 1. The van der Waals surface area contributed by atoms with Crippen molar-refractivity contribution in [3.05, 3.63) is 94.8 Å². The molecular weight excluding hydrogens is 432 g/mol. The van der Waals surface area contributed by atoms with Crippen molar-refractivity contribution >= 4 is 17.4 Å². The van der Waals surface area contributed by atoms with Crippen LogP contribution in [0.2, 0.25) is 0 Å². The number of ether oxygens (including phenoxy) is 1. The molecule has 1 amide bonds. The van der Waals surface area contributed by atoms with Gasteiger partial charge in [0.05, 0.1) is 18.7 Å². The van der Waals surface area contributed by atoms with Gasteiger partial charge in [0, 0.05) is 24.5 Å². The molecule has 0 aliphatic carbocycles. The van der Waals surface area contributed by atoms with Crippen LogP contribution in [0.1, 0.15) is 48.1 Å². The second-order valence-corrected chi connectivity index (χ2v) is 8.49. The van der Waals surface area contributed by atoms with Gasteiger partial charge in [-0.2, -0.15) is 0 Å². The highest BCUT2D eigenvalue weighted by Crippen LogP contribution is 2.41. The molecule has 0 radical (unpaired) electrons. The predicted molar refractivity (Wildman–Crippen MR) is 127 cm³/mol. The second-order valence-electron chi connectivity index (χ2n) is 8.49. The number of Topliss-reactive ketones (excluding diaryl/α,β-unsaturated/α-hetero) is 1. The van der Waals surface area contributed by atoms with Crippen molar-refractivity contribution in [3.63, 3.8) is 0 Å². The van der Waals surface area contributed by atoms with Gasteiger partial charge in [-0.05, 0) is 59.0 Å². The van der Waals surface area contributed by atoms with Gasteiger partial charge in [0.1, 0.15) is 17.3 Å². The monoisotopic (exact) mass is 458 g/mol. The summed E-state index contributed by atoms with van der Waals surface area (Å²) in [6.45, 7) is 4.15. The average molecular weight is 459 g/mol. The van der Waals surface area contributed by atoms with Gasteiger partial charge < -0.3 is 19.8 Å². The van der Waals surface area contributed by atoms with Gasteiger partial charge >= 0.3 is 0 Å². The van der Waals surface area contributed by atoms with E-state index in [9.17, 15) is 19.8 Å². The molecule has 2 heterocycles. The zero-order valence-electron chi connectivity index (χ0n) is 19.2. The topological polar surface area (TPSA) is 100.0 Å². The number of carbonyl (C=O) groups is 2. The minimum Gasteiger partial charge on any atom is -0.508 e. The minimum absolute atomic E-state index is 0.000506. The van der Waals surface area contributed by atoms with E-state index in [2.05, 4.69) is 4.98 Å². The molecule has 4 rings (SSSR count). The van der Waals surface area contributed by atoms with Crippen molar-refractivity contribution in [2.24, 2.45) is 0 Å². The van der Waals surface area contributed by atoms with E-state index < -0.39 is 17.7 Å². The fourth-order valence-electron chi connectivity index (χ4n) is 4.22. The van der Waals surface area contributed by atoms with Crippen LogP contribution in [0.3, 0.4) is 0 Å². The van der Waals surface area contributed by atoms with Crippen LogP contribution in [-0.2, 0) is 16.1 Å². The highest BCUT2D eigenvalue weighted by atomic mass is 16.5. The van der Waals surface area contributed by atoms with E-state index in [0.29, 0.717) is 16.9 Å². The maximum absolute atomic E-state index is 13.2. The van der Waals surface area contributed by atoms with Crippen molar-refractivity contribution in [3.8, 4) is 11.5 Å². The Hall–Kier alpha value is -4.13. The molecule has 1 aliphatic rings. The van der Waals surface area contributed by atoms with Gasteiger partial charge in [0.2, 0.25) is 0 Å². The Labute approximate surface area is 198 Å². The maximum Gasteiger partial charge on any atom is 0.295 e. The van der Waals surface area contributed by atoms with Crippen LogP contribution in [0.4, 0.5) is 0 Å². The highest BCUT2D eigenvalue weighted by Gasteiger charge is 2.46. The molecule has 1 atom stereocenters. The molecule has 7 heteroatoms. The molecular formula is C27H26N2O5. The van der Waals surface area contributed by atoms with Crippen molar-refractivity contribution in [1.82, 2.24) is 9.88 Å². The number of likely N-dealkylation sites (tertiary alicyclic amines) is 1. The van der Waals surface area contributed by atoms with E-state index in [1.807, 2.05) is 19.9 Å². The van der Waals surface area contributed by atoms with Crippen molar-refractivity contribution in [2.45, 2.75) is 32.4 Å². The molecule has 3 aromatic rings. The minimum atomic E-state index is -0.828. The van der Waals surface area contributed by atoms with Crippen LogP contribution in [0.15, 0.2) is 72.6 Å². The molecule has 2 N–H and O–H groups in total. The number of nitrogens with zero attached hydrogens (tertiary/aromatic N) is 2. The summed E-state index contributed by atoms with van der Waals surface area (Å²) < 4.78 is 5.43. The Morgan fingerprint density at radius 1 is 1.12 bits per heavy atom. The van der Waals surface area contributed by atoms with Crippen LogP contribution in [-0.4, -0.2) is 38.9 Å². The third kappa shape index (κ3) is 4.24. The average Bonchev–Trinajstić information content (AvgIpc) is 3.09. The Bertz CT molecular complexity index is 1250. The van der Waals surface area contributed by atoms with Gasteiger partial charge in [-0.1, -0.05) is 32.0 Å². The number of hydrogen-bond donors (Lipinski definition) is 2. The third-order valence-electron chi connectivity index (χ3n) is 5.95. The highest BCUT2D eigenvalue weighted by molar-refractivity contribution is 6.46. The Morgan fingerprint density at radius 3 is 2.47 bits per heavy atom. The predicted octanol–water partition coefficient (Wildman–Crippen LogP) is 4.54. The van der Waals surface area contributed by atoms with Crippen molar-refractivity contribution in [2.75, 3.05) is 7.11 Å². The molecule has 0 bridgehead atoms. The number of amides is 1. The third-order valence-corrected chi connectivity index (χ3v) is 5.95. The Balaban J connectivity index is 1.87. The number of hydrogen-bond acceptors (Lipinski definition) is 6. The first-order valence-electron chi connectivity index (χ1n) is 11.0. The number of aliphatic hydroxyl groups excluding tert-OH is 1. The lowest BCUT2D eigenvalue weighted by atomic mass is 9.93. The number of aromatic hydroxyl groups is 1. The number of phenols is 1. The summed E-state index contributed by atoms with van der Waals surface area (Å²) in [5, 5.41) is 21.1. The van der Waals surface area contributed by atoms with Crippen LogP contribution in [0.25, 0.3) is 5.76 Å². The summed E-state index contributed by atoms with van der Waals surface area (Å²) in [5.41, 5.74) is 2.64. The Morgan fingerprint density at radius 2 is 1.85 bits per heavy atom. The Kier molecular flexibility index (Phi) is 6.36. The molecule has 1 fully saturated rings. The number of ketones is 1. The number of phenolic OH excluding ortho intramolecular Hbond substituents is 1. The number of benzene rings is 2. The molecule has 7 nitrogen and oxygen atoms in total. The van der Waals surface area contributed by atoms with E-state index in [0.717, 1.165) is 11.1 Å². The normalized spacial score (nSPS) is 17.4. The quantitative estimate of drug-likeness (QED) is 0.320. The molecule has 1 aliphatic heterocycles. The summed E-state index contributed by atoms with van der Waals surface area (Å²) in [6.07, 6.45) is 3.26. The maximum atomic E-state index is 13.2.